The van der Waals surface area contributed by atoms with E-state index >= 15 is 0 Å². The Morgan fingerprint density at radius 2 is 1.75 bits per heavy atom. The van der Waals surface area contributed by atoms with Gasteiger partial charge in [0.05, 0.1) is 16.7 Å². The van der Waals surface area contributed by atoms with Gasteiger partial charge in [0.15, 0.2) is 6.10 Å². The molecule has 0 amide bonds. The van der Waals surface area contributed by atoms with E-state index in [1.54, 1.807) is 34.6 Å². The zero-order valence-electron chi connectivity index (χ0n) is 19.1. The van der Waals surface area contributed by atoms with Crippen molar-refractivity contribution in [1.82, 2.24) is 0 Å². The van der Waals surface area contributed by atoms with Crippen LogP contribution in [0.2, 0.25) is 0 Å². The second kappa shape index (κ2) is 8.60. The number of hydrogen-bond donors (Lipinski definition) is 2. The molecule has 1 aliphatic heterocycles. The normalized spacial score (nSPS) is 16.2. The fourth-order valence-corrected chi connectivity index (χ4v) is 4.71. The molecule has 1 atom stereocenters. The number of hydrogen-bond acceptors (Lipinski definition) is 5. The molecule has 0 fully saturated rings. The summed E-state index contributed by atoms with van der Waals surface area (Å²) in [5, 5.41) is 11.2. The van der Waals surface area contributed by atoms with Gasteiger partial charge in [-0.3, -0.25) is 4.72 Å². The van der Waals surface area contributed by atoms with Crippen LogP contribution < -0.4 is 9.46 Å². The molecule has 172 valence electrons. The lowest BCUT2D eigenvalue weighted by molar-refractivity contribution is -0.160. The summed E-state index contributed by atoms with van der Waals surface area (Å²) in [4.78, 5) is 12.4. The van der Waals surface area contributed by atoms with E-state index in [0.29, 0.717) is 28.0 Å². The van der Waals surface area contributed by atoms with Crippen LogP contribution >= 0.6 is 0 Å². The van der Waals surface area contributed by atoms with E-state index in [2.05, 4.69) is 4.72 Å². The van der Waals surface area contributed by atoms with E-state index in [-0.39, 0.29) is 12.3 Å². The summed E-state index contributed by atoms with van der Waals surface area (Å²) < 4.78 is 39.4. The van der Waals surface area contributed by atoms with Gasteiger partial charge in [0.1, 0.15) is 12.4 Å². The van der Waals surface area contributed by atoms with Gasteiger partial charge in [-0.05, 0) is 64.3 Å². The second-order valence-corrected chi connectivity index (χ2v) is 10.5. The van der Waals surface area contributed by atoms with Crippen molar-refractivity contribution in [3.05, 3.63) is 58.0 Å². The highest BCUT2D eigenvalue weighted by atomic mass is 32.2. The summed E-state index contributed by atoms with van der Waals surface area (Å²) in [5.41, 5.74) is 3.44. The minimum absolute atomic E-state index is 0.0712. The van der Waals surface area contributed by atoms with Gasteiger partial charge in [-0.15, -0.1) is 0 Å². The Morgan fingerprint density at radius 1 is 1.12 bits per heavy atom. The Hall–Kier alpha value is -2.84. The predicted octanol–water partition coefficient (Wildman–Crippen LogP) is 4.87. The molecule has 0 aliphatic carbocycles. The maximum Gasteiger partial charge on any atom is 0.337 e. The highest BCUT2D eigenvalue weighted by Gasteiger charge is 2.35. The molecule has 0 saturated carbocycles. The number of ether oxygens (including phenoxy) is 2. The fraction of sp³-hybridized carbons (Fsp3) is 0.375. The minimum Gasteiger partial charge on any atom is -0.487 e. The van der Waals surface area contributed by atoms with Crippen molar-refractivity contribution in [3.63, 3.8) is 0 Å². The SMILES string of the molecule is Cc1ccc(-c2c(C)c3c(c(C)c2[C@H](OC(C)(C)C)C(=O)O)NS(=O)(=O)C=CCO3)cc1. The molecule has 0 unspecified atom stereocenters. The van der Waals surface area contributed by atoms with Crippen LogP contribution in [-0.4, -0.2) is 31.7 Å². The number of aliphatic carboxylic acids is 1. The van der Waals surface area contributed by atoms with Crippen LogP contribution in [-0.2, 0) is 19.6 Å². The number of rotatable bonds is 4. The van der Waals surface area contributed by atoms with Crippen LogP contribution in [0.15, 0.2) is 35.7 Å². The van der Waals surface area contributed by atoms with Crippen LogP contribution in [0, 0.1) is 20.8 Å². The van der Waals surface area contributed by atoms with Crippen LogP contribution in [0.4, 0.5) is 5.69 Å². The molecular formula is C24H29NO6S. The van der Waals surface area contributed by atoms with Gasteiger partial charge in [0, 0.05) is 11.1 Å². The predicted molar refractivity (Wildman–Crippen MR) is 124 cm³/mol. The number of anilines is 1. The zero-order valence-corrected chi connectivity index (χ0v) is 20.0. The quantitative estimate of drug-likeness (QED) is 0.676. The summed E-state index contributed by atoms with van der Waals surface area (Å²) in [6.07, 6.45) is 0.100. The Kier molecular flexibility index (Phi) is 6.40. The highest BCUT2D eigenvalue weighted by Crippen LogP contribution is 2.47. The topological polar surface area (TPSA) is 102 Å². The van der Waals surface area contributed by atoms with E-state index in [4.69, 9.17) is 9.47 Å². The van der Waals surface area contributed by atoms with Gasteiger partial charge >= 0.3 is 5.97 Å². The number of carboxylic acid groups (broad SMARTS) is 1. The Labute approximate surface area is 189 Å². The van der Waals surface area contributed by atoms with Gasteiger partial charge in [-0.1, -0.05) is 29.8 Å². The smallest absolute Gasteiger partial charge is 0.337 e. The average molecular weight is 460 g/mol. The summed E-state index contributed by atoms with van der Waals surface area (Å²) in [7, 11) is -3.77. The lowest BCUT2D eigenvalue weighted by Gasteiger charge is -2.31. The van der Waals surface area contributed by atoms with Crippen molar-refractivity contribution >= 4 is 21.7 Å². The van der Waals surface area contributed by atoms with Crippen molar-refractivity contribution in [2.75, 3.05) is 11.3 Å². The van der Waals surface area contributed by atoms with E-state index in [9.17, 15) is 18.3 Å². The molecule has 0 saturated heterocycles. The van der Waals surface area contributed by atoms with Crippen molar-refractivity contribution in [3.8, 4) is 16.9 Å². The van der Waals surface area contributed by atoms with E-state index in [1.807, 2.05) is 31.2 Å². The van der Waals surface area contributed by atoms with Gasteiger partial charge in [0.25, 0.3) is 10.0 Å². The molecule has 1 aliphatic rings. The number of sulfonamides is 1. The number of carboxylic acids is 1. The molecule has 2 N–H and O–H groups in total. The van der Waals surface area contributed by atoms with Gasteiger partial charge in [-0.25, -0.2) is 13.2 Å². The minimum atomic E-state index is -3.77. The molecular weight excluding hydrogens is 430 g/mol. The second-order valence-electron chi connectivity index (χ2n) is 8.89. The third-order valence-corrected chi connectivity index (χ3v) is 6.17. The molecule has 3 rings (SSSR count). The maximum atomic E-state index is 12.5. The number of benzene rings is 2. The van der Waals surface area contributed by atoms with Crippen molar-refractivity contribution < 1.29 is 27.8 Å². The van der Waals surface area contributed by atoms with E-state index < -0.39 is 27.7 Å². The van der Waals surface area contributed by atoms with Crippen LogP contribution in [0.1, 0.15) is 49.1 Å². The van der Waals surface area contributed by atoms with Gasteiger partial charge in [0.2, 0.25) is 0 Å². The summed E-state index contributed by atoms with van der Waals surface area (Å²) >= 11 is 0. The largest absolute Gasteiger partial charge is 0.487 e. The van der Waals surface area contributed by atoms with Crippen LogP contribution in [0.25, 0.3) is 11.1 Å². The van der Waals surface area contributed by atoms with E-state index in [1.165, 1.54) is 6.08 Å². The first-order valence-electron chi connectivity index (χ1n) is 10.3. The molecule has 1 heterocycles. The third-order valence-electron chi connectivity index (χ3n) is 5.13. The molecule has 8 heteroatoms. The fourth-order valence-electron chi connectivity index (χ4n) is 3.78. The molecule has 32 heavy (non-hydrogen) atoms. The highest BCUT2D eigenvalue weighted by molar-refractivity contribution is 7.95. The van der Waals surface area contributed by atoms with Crippen LogP contribution in [0.5, 0.6) is 5.75 Å². The average Bonchev–Trinajstić information content (AvgIpc) is 2.66. The molecule has 0 radical (unpaired) electrons. The van der Waals surface area contributed by atoms with Gasteiger partial charge < -0.3 is 14.6 Å². The number of carbonyl (C=O) groups is 1. The molecule has 0 spiro atoms. The summed E-state index contributed by atoms with van der Waals surface area (Å²) in [5.74, 6) is -0.792. The monoisotopic (exact) mass is 459 g/mol. The Balaban J connectivity index is 2.42. The van der Waals surface area contributed by atoms with Crippen molar-refractivity contribution in [1.29, 1.82) is 0 Å². The molecule has 0 aromatic heterocycles. The standard InChI is InChI=1S/C24H29NO6S/c1-14-8-10-17(11-9-14)18-16(3)21-20(25-32(28,29)13-7-12-30-21)15(2)19(18)22(23(26)27)31-24(4,5)6/h7-11,13,22,25H,12H2,1-6H3,(H,26,27)/t22-/m0/s1. The number of aryl methyl sites for hydroxylation is 1. The van der Waals surface area contributed by atoms with Crippen LogP contribution in [0.3, 0.4) is 0 Å². The Bertz CT molecular complexity index is 1170. The molecule has 7 nitrogen and oxygen atoms in total. The molecule has 2 aromatic rings. The maximum absolute atomic E-state index is 12.5. The Morgan fingerprint density at radius 3 is 2.31 bits per heavy atom. The third kappa shape index (κ3) is 4.97. The first-order valence-corrected chi connectivity index (χ1v) is 11.8. The zero-order chi connectivity index (χ0) is 23.8. The summed E-state index contributed by atoms with van der Waals surface area (Å²) in [6, 6.07) is 7.71. The lowest BCUT2D eigenvalue weighted by atomic mass is 9.86. The molecule has 0 bridgehead atoms. The molecule has 2 aromatic carbocycles. The lowest BCUT2D eigenvalue weighted by Crippen LogP contribution is -2.29. The van der Waals surface area contributed by atoms with Gasteiger partial charge in [-0.2, -0.15) is 0 Å². The van der Waals surface area contributed by atoms with E-state index in [0.717, 1.165) is 16.5 Å². The van der Waals surface area contributed by atoms with Crippen molar-refractivity contribution in [2.45, 2.75) is 53.2 Å². The number of fused-ring (bicyclic) bond motifs is 1. The van der Waals surface area contributed by atoms with Crippen molar-refractivity contribution in [2.24, 2.45) is 0 Å². The summed E-state index contributed by atoms with van der Waals surface area (Å²) in [6.45, 7) is 10.9. The number of nitrogens with one attached hydrogen (secondary N) is 1. The first-order chi connectivity index (χ1) is 14.8. The first kappa shape index (κ1) is 23.8.